The number of hydrogen-bond donors (Lipinski definition) is 2. The number of nitrogens with zero attached hydrogens (tertiary/aromatic N) is 2. The Kier molecular flexibility index (Phi) is 5.15. The van der Waals surface area contributed by atoms with E-state index in [9.17, 15) is 9.90 Å². The first-order valence-corrected chi connectivity index (χ1v) is 8.29. The van der Waals surface area contributed by atoms with E-state index in [2.05, 4.69) is 17.1 Å². The molecule has 24 heavy (non-hydrogen) atoms. The summed E-state index contributed by atoms with van der Waals surface area (Å²) < 4.78 is 5.24. The minimum Gasteiger partial charge on any atom is -0.476 e. The highest BCUT2D eigenvalue weighted by molar-refractivity contribution is 5.85. The van der Waals surface area contributed by atoms with E-state index in [1.54, 1.807) is 0 Å². The largest absolute Gasteiger partial charge is 0.476 e. The summed E-state index contributed by atoms with van der Waals surface area (Å²) in [5.74, 6) is -0.824. The molecule has 1 aliphatic rings. The van der Waals surface area contributed by atoms with Gasteiger partial charge in [-0.15, -0.1) is 0 Å². The van der Waals surface area contributed by atoms with Crippen LogP contribution in [0.25, 0.3) is 0 Å². The Balaban J connectivity index is 1.48. The van der Waals surface area contributed by atoms with Gasteiger partial charge in [0.05, 0.1) is 6.10 Å². The molecule has 1 aliphatic heterocycles. The average Bonchev–Trinajstić information content (AvgIpc) is 3.11. The Labute approximate surface area is 140 Å². The van der Waals surface area contributed by atoms with Crippen LogP contribution in [0.3, 0.4) is 0 Å². The van der Waals surface area contributed by atoms with Gasteiger partial charge in [-0.05, 0) is 37.2 Å². The van der Waals surface area contributed by atoms with E-state index in [0.29, 0.717) is 19.1 Å². The van der Waals surface area contributed by atoms with Gasteiger partial charge in [0.2, 0.25) is 0 Å². The number of piperidine rings is 1. The Hall–Kier alpha value is -2.34. The number of benzene rings is 1. The number of rotatable bonds is 6. The third-order valence-corrected chi connectivity index (χ3v) is 4.64. The van der Waals surface area contributed by atoms with Gasteiger partial charge in [-0.25, -0.2) is 4.79 Å². The lowest BCUT2D eigenvalue weighted by atomic mass is 9.88. The summed E-state index contributed by atoms with van der Waals surface area (Å²) >= 11 is 0. The van der Waals surface area contributed by atoms with Crippen molar-refractivity contribution in [2.45, 2.75) is 31.8 Å². The molecule has 1 saturated heterocycles. The van der Waals surface area contributed by atoms with Crippen molar-refractivity contribution in [3.63, 3.8) is 0 Å². The van der Waals surface area contributed by atoms with E-state index in [1.807, 2.05) is 23.1 Å². The van der Waals surface area contributed by atoms with Crippen molar-refractivity contribution in [3.8, 4) is 0 Å². The fourth-order valence-corrected chi connectivity index (χ4v) is 3.18. The van der Waals surface area contributed by atoms with E-state index in [0.717, 1.165) is 25.7 Å². The van der Waals surface area contributed by atoms with E-state index in [4.69, 9.17) is 9.52 Å². The number of carboxylic acid groups (broad SMARTS) is 1. The summed E-state index contributed by atoms with van der Waals surface area (Å²) in [5.41, 5.74) is 1.17. The smallest absolute Gasteiger partial charge is 0.357 e. The van der Waals surface area contributed by atoms with Crippen LogP contribution in [0.1, 0.15) is 35.3 Å². The SMILES string of the molecule is O=C(O)c1coc(N2CCC(C(O)CCc3ccccc3)CC2)n1. The van der Waals surface area contributed by atoms with Crippen LogP contribution >= 0.6 is 0 Å². The van der Waals surface area contributed by atoms with Crippen molar-refractivity contribution in [1.82, 2.24) is 4.98 Å². The Bertz CT molecular complexity index is 663. The molecule has 3 rings (SSSR count). The maximum Gasteiger partial charge on any atom is 0.357 e. The Morgan fingerprint density at radius 3 is 2.62 bits per heavy atom. The lowest BCUT2D eigenvalue weighted by Gasteiger charge is -2.33. The van der Waals surface area contributed by atoms with Crippen molar-refractivity contribution >= 4 is 12.0 Å². The van der Waals surface area contributed by atoms with Crippen molar-refractivity contribution in [3.05, 3.63) is 47.9 Å². The van der Waals surface area contributed by atoms with Crippen molar-refractivity contribution in [2.75, 3.05) is 18.0 Å². The molecule has 0 saturated carbocycles. The number of aryl methyl sites for hydroxylation is 1. The van der Waals surface area contributed by atoms with Crippen LogP contribution < -0.4 is 4.90 Å². The molecule has 2 aromatic rings. The van der Waals surface area contributed by atoms with Crippen molar-refractivity contribution in [1.29, 1.82) is 0 Å². The molecular weight excluding hydrogens is 308 g/mol. The number of hydrogen-bond acceptors (Lipinski definition) is 5. The second-order valence-corrected chi connectivity index (χ2v) is 6.24. The monoisotopic (exact) mass is 330 g/mol. The second kappa shape index (κ2) is 7.49. The summed E-state index contributed by atoms with van der Waals surface area (Å²) in [6, 6.07) is 10.5. The van der Waals surface area contributed by atoms with Crippen LogP contribution in [0.15, 0.2) is 41.0 Å². The topological polar surface area (TPSA) is 86.8 Å². The standard InChI is InChI=1S/C18H22N2O4/c21-16(7-6-13-4-2-1-3-5-13)14-8-10-20(11-9-14)18-19-15(12-24-18)17(22)23/h1-5,12,14,16,21H,6-11H2,(H,22,23). The lowest BCUT2D eigenvalue weighted by molar-refractivity contribution is 0.0690. The number of oxazole rings is 1. The minimum atomic E-state index is -1.09. The predicted molar refractivity (Wildman–Crippen MR) is 89.2 cm³/mol. The number of carboxylic acids is 1. The summed E-state index contributed by atoms with van der Waals surface area (Å²) in [7, 11) is 0. The number of carbonyl (C=O) groups is 1. The zero-order valence-electron chi connectivity index (χ0n) is 13.5. The van der Waals surface area contributed by atoms with Gasteiger partial charge in [-0.3, -0.25) is 0 Å². The van der Waals surface area contributed by atoms with Gasteiger partial charge in [0.1, 0.15) is 6.26 Å². The van der Waals surface area contributed by atoms with E-state index < -0.39 is 5.97 Å². The molecule has 2 heterocycles. The molecular formula is C18H22N2O4. The molecule has 0 amide bonds. The molecule has 0 aliphatic carbocycles. The van der Waals surface area contributed by atoms with Crippen LogP contribution in [0.4, 0.5) is 6.01 Å². The summed E-state index contributed by atoms with van der Waals surface area (Å²) in [6.07, 6.45) is 4.19. The molecule has 1 aromatic carbocycles. The first-order valence-electron chi connectivity index (χ1n) is 8.29. The lowest BCUT2D eigenvalue weighted by Crippen LogP contribution is -2.38. The third-order valence-electron chi connectivity index (χ3n) is 4.64. The van der Waals surface area contributed by atoms with Crippen molar-refractivity contribution in [2.24, 2.45) is 5.92 Å². The normalized spacial score (nSPS) is 17.0. The molecule has 1 atom stereocenters. The van der Waals surface area contributed by atoms with Crippen LogP contribution in [-0.4, -0.2) is 40.4 Å². The van der Waals surface area contributed by atoms with Crippen LogP contribution in [-0.2, 0) is 6.42 Å². The number of aliphatic hydroxyl groups is 1. The van der Waals surface area contributed by atoms with Gasteiger partial charge in [0, 0.05) is 13.1 Å². The Morgan fingerprint density at radius 2 is 2.00 bits per heavy atom. The summed E-state index contributed by atoms with van der Waals surface area (Å²) in [6.45, 7) is 1.43. The van der Waals surface area contributed by atoms with E-state index in [-0.39, 0.29) is 17.7 Å². The van der Waals surface area contributed by atoms with Crippen LogP contribution in [0.2, 0.25) is 0 Å². The molecule has 0 radical (unpaired) electrons. The van der Waals surface area contributed by atoms with Gasteiger partial charge >= 0.3 is 5.97 Å². The fraction of sp³-hybridized carbons (Fsp3) is 0.444. The zero-order chi connectivity index (χ0) is 16.9. The maximum absolute atomic E-state index is 10.9. The van der Waals surface area contributed by atoms with Crippen LogP contribution in [0, 0.1) is 5.92 Å². The number of aromatic nitrogens is 1. The highest BCUT2D eigenvalue weighted by Gasteiger charge is 2.27. The zero-order valence-corrected chi connectivity index (χ0v) is 13.5. The molecule has 6 heteroatoms. The van der Waals surface area contributed by atoms with Gasteiger partial charge in [0.15, 0.2) is 5.69 Å². The van der Waals surface area contributed by atoms with Gasteiger partial charge in [-0.1, -0.05) is 30.3 Å². The second-order valence-electron chi connectivity index (χ2n) is 6.24. The first-order chi connectivity index (χ1) is 11.6. The molecule has 0 bridgehead atoms. The number of aromatic carboxylic acids is 1. The van der Waals surface area contributed by atoms with Gasteiger partial charge < -0.3 is 19.5 Å². The van der Waals surface area contributed by atoms with Crippen LogP contribution in [0.5, 0.6) is 0 Å². The molecule has 128 valence electrons. The summed E-state index contributed by atoms with van der Waals surface area (Å²) in [5, 5.41) is 19.3. The first kappa shape index (κ1) is 16.5. The minimum absolute atomic E-state index is 0.0741. The highest BCUT2D eigenvalue weighted by atomic mass is 16.4. The maximum atomic E-state index is 10.9. The molecule has 1 fully saturated rings. The predicted octanol–water partition coefficient (Wildman–Crippen LogP) is 2.58. The van der Waals surface area contributed by atoms with Crippen molar-refractivity contribution < 1.29 is 19.4 Å². The van der Waals surface area contributed by atoms with Gasteiger partial charge in [-0.2, -0.15) is 4.98 Å². The molecule has 1 aromatic heterocycles. The molecule has 2 N–H and O–H groups in total. The Morgan fingerprint density at radius 1 is 1.29 bits per heavy atom. The highest BCUT2D eigenvalue weighted by Crippen LogP contribution is 2.26. The van der Waals surface area contributed by atoms with E-state index >= 15 is 0 Å². The average molecular weight is 330 g/mol. The third kappa shape index (κ3) is 3.94. The van der Waals surface area contributed by atoms with Gasteiger partial charge in [0.25, 0.3) is 6.01 Å². The quantitative estimate of drug-likeness (QED) is 0.846. The number of aliphatic hydroxyl groups excluding tert-OH is 1. The molecule has 6 nitrogen and oxygen atoms in total. The molecule has 0 spiro atoms. The molecule has 1 unspecified atom stereocenters. The number of anilines is 1. The summed E-state index contributed by atoms with van der Waals surface area (Å²) in [4.78, 5) is 16.8. The van der Waals surface area contributed by atoms with E-state index in [1.165, 1.54) is 11.8 Å². The fourth-order valence-electron chi connectivity index (χ4n) is 3.18.